The maximum atomic E-state index is 5.45. The summed E-state index contributed by atoms with van der Waals surface area (Å²) in [6.07, 6.45) is 0.949. The average Bonchev–Trinajstić information content (AvgIpc) is 2.07. The molecule has 1 rings (SSSR count). The van der Waals surface area contributed by atoms with E-state index in [2.05, 4.69) is 12.1 Å². The normalized spacial score (nSPS) is 8.46. The topological polar surface area (TPSA) is 52.0 Å². The van der Waals surface area contributed by atoms with E-state index in [9.17, 15) is 0 Å². The highest BCUT2D eigenvalue weighted by atomic mass is 35.5. The summed E-state index contributed by atoms with van der Waals surface area (Å²) in [5.41, 5.74) is 13.3. The predicted molar refractivity (Wildman–Crippen MR) is 61.6 cm³/mol. The van der Waals surface area contributed by atoms with E-state index in [1.165, 1.54) is 11.1 Å². The Morgan fingerprint density at radius 3 is 1.69 bits per heavy atom. The third-order valence-electron chi connectivity index (χ3n) is 1.69. The zero-order valence-electron chi connectivity index (χ0n) is 7.40. The lowest BCUT2D eigenvalue weighted by atomic mass is 10.1. The second kappa shape index (κ2) is 8.32. The Balaban J connectivity index is 0. The van der Waals surface area contributed by atoms with Crippen molar-refractivity contribution in [1.82, 2.24) is 0 Å². The van der Waals surface area contributed by atoms with Gasteiger partial charge < -0.3 is 11.5 Å². The van der Waals surface area contributed by atoms with Gasteiger partial charge in [0.25, 0.3) is 0 Å². The van der Waals surface area contributed by atoms with Crippen LogP contribution < -0.4 is 11.5 Å². The van der Waals surface area contributed by atoms with E-state index in [4.69, 9.17) is 11.5 Å². The van der Waals surface area contributed by atoms with Crippen molar-refractivity contribution in [1.29, 1.82) is 0 Å². The summed E-state index contributed by atoms with van der Waals surface area (Å²) >= 11 is 0. The minimum Gasteiger partial charge on any atom is -0.330 e. The number of hydrogen-bond donors (Lipinski definition) is 2. The predicted octanol–water partition coefficient (Wildman–Crippen LogP) is 1.49. The van der Waals surface area contributed by atoms with E-state index < -0.39 is 0 Å². The van der Waals surface area contributed by atoms with Gasteiger partial charge in [0.1, 0.15) is 0 Å². The minimum absolute atomic E-state index is 0. The molecule has 0 aliphatic heterocycles. The Hall–Kier alpha value is -0.280. The van der Waals surface area contributed by atoms with Gasteiger partial charge in [-0.3, -0.25) is 0 Å². The summed E-state index contributed by atoms with van der Waals surface area (Å²) in [5.74, 6) is 0. The second-order valence-corrected chi connectivity index (χ2v) is 2.56. The van der Waals surface area contributed by atoms with Crippen molar-refractivity contribution in [3.63, 3.8) is 0 Å². The van der Waals surface area contributed by atoms with Crippen LogP contribution in [0.3, 0.4) is 0 Å². The highest BCUT2D eigenvalue weighted by Crippen LogP contribution is 2.03. The molecule has 0 heterocycles. The standard InChI is InChI=1S/C9H14N2.2ClH/c10-6-5-8-1-3-9(7-11)4-2-8;;/h1-4H,5-7,10-11H2;2*1H. The second-order valence-electron chi connectivity index (χ2n) is 2.56. The van der Waals surface area contributed by atoms with E-state index in [1.54, 1.807) is 0 Å². The summed E-state index contributed by atoms with van der Waals surface area (Å²) < 4.78 is 0. The molecule has 0 bridgehead atoms. The lowest BCUT2D eigenvalue weighted by Gasteiger charge is -1.99. The Labute approximate surface area is 91.5 Å². The van der Waals surface area contributed by atoms with Gasteiger partial charge in [0.15, 0.2) is 0 Å². The summed E-state index contributed by atoms with van der Waals surface area (Å²) in [6, 6.07) is 8.25. The van der Waals surface area contributed by atoms with Gasteiger partial charge in [-0.25, -0.2) is 0 Å². The molecule has 0 amide bonds. The zero-order chi connectivity index (χ0) is 8.10. The smallest absolute Gasteiger partial charge is 0.0178 e. The average molecular weight is 223 g/mol. The van der Waals surface area contributed by atoms with Gasteiger partial charge in [-0.15, -0.1) is 24.8 Å². The van der Waals surface area contributed by atoms with Gasteiger partial charge in [0.2, 0.25) is 0 Å². The van der Waals surface area contributed by atoms with E-state index in [0.29, 0.717) is 13.1 Å². The van der Waals surface area contributed by atoms with Crippen LogP contribution in [0, 0.1) is 0 Å². The van der Waals surface area contributed by atoms with Crippen LogP contribution in [0.2, 0.25) is 0 Å². The number of benzene rings is 1. The van der Waals surface area contributed by atoms with Crippen molar-refractivity contribution >= 4 is 24.8 Å². The van der Waals surface area contributed by atoms with Crippen LogP contribution in [0.25, 0.3) is 0 Å². The minimum atomic E-state index is 0. The van der Waals surface area contributed by atoms with Crippen LogP contribution in [0.1, 0.15) is 11.1 Å². The lowest BCUT2D eigenvalue weighted by molar-refractivity contribution is 0.964. The van der Waals surface area contributed by atoms with Crippen LogP contribution in [-0.4, -0.2) is 6.54 Å². The van der Waals surface area contributed by atoms with Crippen molar-refractivity contribution in [2.24, 2.45) is 11.5 Å². The number of nitrogens with two attached hydrogens (primary N) is 2. The zero-order valence-corrected chi connectivity index (χ0v) is 9.03. The third-order valence-corrected chi connectivity index (χ3v) is 1.69. The van der Waals surface area contributed by atoms with Gasteiger partial charge in [0.05, 0.1) is 0 Å². The molecule has 0 aliphatic rings. The number of hydrogen-bond acceptors (Lipinski definition) is 2. The molecule has 0 aromatic heterocycles. The van der Waals surface area contributed by atoms with Crippen molar-refractivity contribution in [3.05, 3.63) is 35.4 Å². The van der Waals surface area contributed by atoms with Crippen molar-refractivity contribution in [2.45, 2.75) is 13.0 Å². The molecule has 0 aliphatic carbocycles. The lowest BCUT2D eigenvalue weighted by Crippen LogP contribution is -2.03. The molecule has 0 radical (unpaired) electrons. The Bertz CT molecular complexity index is 211. The van der Waals surface area contributed by atoms with E-state index in [0.717, 1.165) is 6.42 Å². The first-order chi connectivity index (χ1) is 5.36. The molecule has 0 saturated heterocycles. The molecule has 0 fully saturated rings. The molecule has 4 heteroatoms. The summed E-state index contributed by atoms with van der Waals surface area (Å²) in [4.78, 5) is 0. The molecular formula is C9H16Cl2N2. The summed E-state index contributed by atoms with van der Waals surface area (Å²) in [6.45, 7) is 1.32. The first-order valence-corrected chi connectivity index (χ1v) is 3.84. The molecule has 0 atom stereocenters. The highest BCUT2D eigenvalue weighted by molar-refractivity contribution is 5.85. The molecular weight excluding hydrogens is 207 g/mol. The molecule has 0 spiro atoms. The van der Waals surface area contributed by atoms with Gasteiger partial charge in [-0.2, -0.15) is 0 Å². The summed E-state index contributed by atoms with van der Waals surface area (Å²) in [5, 5.41) is 0. The van der Waals surface area contributed by atoms with Crippen LogP contribution in [0.15, 0.2) is 24.3 Å². The Morgan fingerprint density at radius 2 is 1.31 bits per heavy atom. The molecule has 1 aromatic rings. The van der Waals surface area contributed by atoms with Crippen LogP contribution >= 0.6 is 24.8 Å². The van der Waals surface area contributed by atoms with Crippen LogP contribution in [-0.2, 0) is 13.0 Å². The Morgan fingerprint density at radius 1 is 0.846 bits per heavy atom. The van der Waals surface area contributed by atoms with Crippen LogP contribution in [0.5, 0.6) is 0 Å². The van der Waals surface area contributed by atoms with Crippen molar-refractivity contribution in [2.75, 3.05) is 6.54 Å². The Kier molecular flexibility index (Phi) is 9.74. The largest absolute Gasteiger partial charge is 0.330 e. The van der Waals surface area contributed by atoms with Crippen molar-refractivity contribution < 1.29 is 0 Å². The fourth-order valence-corrected chi connectivity index (χ4v) is 1.01. The molecule has 76 valence electrons. The van der Waals surface area contributed by atoms with Gasteiger partial charge in [-0.05, 0) is 24.1 Å². The highest BCUT2D eigenvalue weighted by Gasteiger charge is 1.90. The van der Waals surface area contributed by atoms with Gasteiger partial charge in [0, 0.05) is 6.54 Å². The first kappa shape index (κ1) is 15.2. The molecule has 4 N–H and O–H groups in total. The number of halogens is 2. The summed E-state index contributed by atoms with van der Waals surface area (Å²) in [7, 11) is 0. The molecule has 13 heavy (non-hydrogen) atoms. The monoisotopic (exact) mass is 222 g/mol. The van der Waals surface area contributed by atoms with E-state index >= 15 is 0 Å². The van der Waals surface area contributed by atoms with E-state index in [1.807, 2.05) is 12.1 Å². The maximum absolute atomic E-state index is 5.45. The quantitative estimate of drug-likeness (QED) is 0.815. The van der Waals surface area contributed by atoms with Crippen LogP contribution in [0.4, 0.5) is 0 Å². The SMILES string of the molecule is Cl.Cl.NCCc1ccc(CN)cc1. The first-order valence-electron chi connectivity index (χ1n) is 3.84. The van der Waals surface area contributed by atoms with E-state index in [-0.39, 0.29) is 24.8 Å². The number of rotatable bonds is 3. The maximum Gasteiger partial charge on any atom is 0.0178 e. The van der Waals surface area contributed by atoms with Gasteiger partial charge in [-0.1, -0.05) is 24.3 Å². The molecule has 0 saturated carbocycles. The molecule has 1 aromatic carbocycles. The third kappa shape index (κ3) is 5.11. The van der Waals surface area contributed by atoms with Gasteiger partial charge >= 0.3 is 0 Å². The fourth-order valence-electron chi connectivity index (χ4n) is 1.01. The molecule has 2 nitrogen and oxygen atoms in total. The molecule has 0 unspecified atom stereocenters. The van der Waals surface area contributed by atoms with Crippen molar-refractivity contribution in [3.8, 4) is 0 Å². The fraction of sp³-hybridized carbons (Fsp3) is 0.333.